The molecule has 0 bridgehead atoms. The van der Waals surface area contributed by atoms with Crippen molar-refractivity contribution in [1.82, 2.24) is 0 Å². The van der Waals surface area contributed by atoms with Crippen LogP contribution in [0.2, 0.25) is 0 Å². The van der Waals surface area contributed by atoms with E-state index in [0.717, 1.165) is 23.4 Å². The van der Waals surface area contributed by atoms with E-state index in [1.165, 1.54) is 4.90 Å². The van der Waals surface area contributed by atoms with Gasteiger partial charge in [-0.25, -0.2) is 9.69 Å². The largest absolute Gasteiger partial charge is 0.432 e. The van der Waals surface area contributed by atoms with Gasteiger partial charge in [0.2, 0.25) is 0 Å². The van der Waals surface area contributed by atoms with Crippen LogP contribution >= 0.6 is 0 Å². The average molecular weight is 355 g/mol. The molecule has 0 heterocycles. The van der Waals surface area contributed by atoms with E-state index in [1.54, 1.807) is 0 Å². The number of hydrogen-bond acceptors (Lipinski definition) is 2. The second-order valence-electron chi connectivity index (χ2n) is 6.07. The van der Waals surface area contributed by atoms with Crippen molar-refractivity contribution >= 4 is 17.5 Å². The number of ether oxygens (including phenoxy) is 1. The van der Waals surface area contributed by atoms with E-state index >= 15 is 0 Å². The molecule has 0 aliphatic carbocycles. The van der Waals surface area contributed by atoms with Gasteiger partial charge in [-0.15, -0.1) is 6.42 Å². The zero-order chi connectivity index (χ0) is 18.9. The fraction of sp³-hybridized carbons (Fsp3) is 0.125. The Morgan fingerprint density at radius 2 is 1.33 bits per heavy atom. The van der Waals surface area contributed by atoms with Crippen LogP contribution in [-0.4, -0.2) is 12.2 Å². The number of anilines is 2. The second-order valence-corrected chi connectivity index (χ2v) is 6.07. The summed E-state index contributed by atoms with van der Waals surface area (Å²) in [6.07, 6.45) is 5.87. The first-order valence-corrected chi connectivity index (χ1v) is 8.89. The molecule has 1 unspecified atom stereocenters. The second kappa shape index (κ2) is 9.26. The van der Waals surface area contributed by atoms with Crippen molar-refractivity contribution in [3.63, 3.8) is 0 Å². The number of nitrogens with zero attached hydrogens (tertiary/aromatic N) is 1. The summed E-state index contributed by atoms with van der Waals surface area (Å²) in [4.78, 5) is 14.5. The Hall–Kier alpha value is -3.51. The van der Waals surface area contributed by atoms with Crippen molar-refractivity contribution in [1.29, 1.82) is 0 Å². The average Bonchev–Trinajstić information content (AvgIpc) is 2.73. The minimum absolute atomic E-state index is 0.483. The molecule has 0 saturated carbocycles. The predicted molar refractivity (Wildman–Crippen MR) is 109 cm³/mol. The number of carbonyl (C=O) groups excluding carboxylic acids is 1. The Kier molecular flexibility index (Phi) is 6.27. The van der Waals surface area contributed by atoms with Crippen molar-refractivity contribution in [2.45, 2.75) is 18.9 Å². The van der Waals surface area contributed by atoms with Gasteiger partial charge in [-0.3, -0.25) is 0 Å². The normalized spacial score (nSPS) is 11.2. The summed E-state index contributed by atoms with van der Waals surface area (Å²) in [7, 11) is 0. The van der Waals surface area contributed by atoms with Crippen LogP contribution < -0.4 is 4.90 Å². The number of hydrogen-bond donors (Lipinski definition) is 0. The van der Waals surface area contributed by atoms with Gasteiger partial charge < -0.3 is 4.74 Å². The van der Waals surface area contributed by atoms with Crippen molar-refractivity contribution in [2.24, 2.45) is 0 Å². The highest BCUT2D eigenvalue weighted by atomic mass is 16.6. The van der Waals surface area contributed by atoms with Gasteiger partial charge in [-0.1, -0.05) is 72.7 Å². The number of para-hydroxylation sites is 2. The number of benzene rings is 3. The van der Waals surface area contributed by atoms with Crippen LogP contribution in [-0.2, 0) is 11.2 Å². The first kappa shape index (κ1) is 18.3. The molecule has 3 aromatic carbocycles. The quantitative estimate of drug-likeness (QED) is 0.539. The van der Waals surface area contributed by atoms with Crippen LogP contribution in [0.25, 0.3) is 0 Å². The van der Waals surface area contributed by atoms with E-state index in [2.05, 4.69) is 5.92 Å². The summed E-state index contributed by atoms with van der Waals surface area (Å²) in [5.41, 5.74) is 2.62. The SMILES string of the molecule is C#CC(CCc1ccccc1)OC(=O)N(c1ccccc1)c1ccccc1. The van der Waals surface area contributed by atoms with Crippen LogP contribution in [0.5, 0.6) is 0 Å². The fourth-order valence-corrected chi connectivity index (χ4v) is 2.81. The summed E-state index contributed by atoms with van der Waals surface area (Å²) in [5, 5.41) is 0. The van der Waals surface area contributed by atoms with Gasteiger partial charge in [-0.2, -0.15) is 0 Å². The fourth-order valence-electron chi connectivity index (χ4n) is 2.81. The first-order valence-electron chi connectivity index (χ1n) is 8.89. The molecule has 134 valence electrons. The monoisotopic (exact) mass is 355 g/mol. The van der Waals surface area contributed by atoms with E-state index in [4.69, 9.17) is 11.2 Å². The molecule has 1 amide bonds. The summed E-state index contributed by atoms with van der Waals surface area (Å²) in [6, 6.07) is 28.8. The van der Waals surface area contributed by atoms with Gasteiger partial charge in [-0.05, 0) is 36.2 Å². The van der Waals surface area contributed by atoms with Crippen LogP contribution in [0.4, 0.5) is 16.2 Å². The van der Waals surface area contributed by atoms with Crippen molar-refractivity contribution in [3.05, 3.63) is 96.6 Å². The van der Waals surface area contributed by atoms with Gasteiger partial charge in [0.15, 0.2) is 6.10 Å². The van der Waals surface area contributed by atoms with Gasteiger partial charge in [0, 0.05) is 6.42 Å². The highest BCUT2D eigenvalue weighted by molar-refractivity contribution is 5.96. The lowest BCUT2D eigenvalue weighted by molar-refractivity contribution is 0.129. The van der Waals surface area contributed by atoms with E-state index in [9.17, 15) is 4.79 Å². The smallest absolute Gasteiger partial charge is 0.420 e. The molecule has 0 aliphatic heterocycles. The van der Waals surface area contributed by atoms with Gasteiger partial charge in [0.1, 0.15) is 0 Å². The molecule has 3 heteroatoms. The highest BCUT2D eigenvalue weighted by Crippen LogP contribution is 2.26. The number of aryl methyl sites for hydroxylation is 1. The maximum Gasteiger partial charge on any atom is 0.420 e. The molecule has 27 heavy (non-hydrogen) atoms. The molecule has 0 aliphatic rings. The molecule has 0 radical (unpaired) electrons. The summed E-state index contributed by atoms with van der Waals surface area (Å²) in [6.45, 7) is 0. The van der Waals surface area contributed by atoms with E-state index in [1.807, 2.05) is 91.0 Å². The topological polar surface area (TPSA) is 29.5 Å². The summed E-state index contributed by atoms with van der Waals surface area (Å²) < 4.78 is 5.64. The molecule has 0 aromatic heterocycles. The third-order valence-corrected chi connectivity index (χ3v) is 4.18. The Balaban J connectivity index is 1.74. The maximum atomic E-state index is 12.9. The zero-order valence-corrected chi connectivity index (χ0v) is 15.0. The standard InChI is InChI=1S/C24H21NO2/c1-2-23(19-18-20-12-6-3-7-13-20)27-24(26)25(21-14-8-4-9-15-21)22-16-10-5-11-17-22/h1,3-17,23H,18-19H2. The Labute approximate surface area is 160 Å². The maximum absolute atomic E-state index is 12.9. The zero-order valence-electron chi connectivity index (χ0n) is 15.0. The number of amides is 1. The van der Waals surface area contributed by atoms with E-state index in [0.29, 0.717) is 6.42 Å². The number of carbonyl (C=O) groups is 1. The van der Waals surface area contributed by atoms with Gasteiger partial charge in [0.05, 0.1) is 11.4 Å². The lowest BCUT2D eigenvalue weighted by atomic mass is 10.1. The lowest BCUT2D eigenvalue weighted by Crippen LogP contribution is -2.30. The lowest BCUT2D eigenvalue weighted by Gasteiger charge is -2.24. The Morgan fingerprint density at radius 1 is 0.852 bits per heavy atom. The predicted octanol–water partition coefficient (Wildman–Crippen LogP) is 5.60. The Morgan fingerprint density at radius 3 is 1.81 bits per heavy atom. The third kappa shape index (κ3) is 4.99. The molecule has 0 saturated heterocycles. The summed E-state index contributed by atoms with van der Waals surface area (Å²) in [5.74, 6) is 2.59. The van der Waals surface area contributed by atoms with Crippen LogP contribution in [0, 0.1) is 12.3 Å². The minimum Gasteiger partial charge on any atom is -0.432 e. The third-order valence-electron chi connectivity index (χ3n) is 4.18. The number of rotatable bonds is 6. The summed E-state index contributed by atoms with van der Waals surface area (Å²) >= 11 is 0. The van der Waals surface area contributed by atoms with Crippen LogP contribution in [0.15, 0.2) is 91.0 Å². The minimum atomic E-state index is -0.590. The van der Waals surface area contributed by atoms with Gasteiger partial charge in [0.25, 0.3) is 0 Å². The van der Waals surface area contributed by atoms with Crippen LogP contribution in [0.1, 0.15) is 12.0 Å². The molecule has 3 aromatic rings. The Bertz CT molecular complexity index is 846. The first-order chi connectivity index (χ1) is 13.3. The molecule has 0 N–H and O–H groups in total. The highest BCUT2D eigenvalue weighted by Gasteiger charge is 2.22. The molecular weight excluding hydrogens is 334 g/mol. The van der Waals surface area contributed by atoms with E-state index < -0.39 is 12.2 Å². The van der Waals surface area contributed by atoms with Crippen molar-refractivity contribution in [3.8, 4) is 12.3 Å². The number of terminal acetylenes is 1. The van der Waals surface area contributed by atoms with E-state index in [-0.39, 0.29) is 0 Å². The molecule has 3 nitrogen and oxygen atoms in total. The van der Waals surface area contributed by atoms with Crippen LogP contribution in [0.3, 0.4) is 0 Å². The van der Waals surface area contributed by atoms with Gasteiger partial charge >= 0.3 is 6.09 Å². The van der Waals surface area contributed by atoms with Crippen molar-refractivity contribution < 1.29 is 9.53 Å². The molecule has 0 fully saturated rings. The molecule has 3 rings (SSSR count). The molecular formula is C24H21NO2. The van der Waals surface area contributed by atoms with Crippen molar-refractivity contribution in [2.75, 3.05) is 4.90 Å². The molecule has 0 spiro atoms. The molecule has 1 atom stereocenters.